The number of rotatable bonds is 59. The number of unbranched alkanes of at least 4 members (excludes halogenated alkanes) is 40. The average molecular weight is 1060 g/mol. The third-order valence-corrected chi connectivity index (χ3v) is 15.5. The number of phosphoric acid groups is 1. The summed E-state index contributed by atoms with van der Waals surface area (Å²) in [6, 6.07) is -0.843. The molecule has 436 valence electrons. The largest absolute Gasteiger partial charge is 0.472 e. The van der Waals surface area contributed by atoms with Gasteiger partial charge in [-0.3, -0.25) is 13.8 Å². The minimum absolute atomic E-state index is 0.0629. The van der Waals surface area contributed by atoms with Crippen LogP contribution in [-0.4, -0.2) is 73.4 Å². The number of carbonyl (C=O) groups is 1. The molecule has 0 aliphatic rings. The number of likely N-dealkylation sites (N-methyl/N-ethyl adjacent to an activating group) is 1. The second kappa shape index (κ2) is 56.2. The number of hydrogen-bond acceptors (Lipinski definition) is 5. The van der Waals surface area contributed by atoms with E-state index in [9.17, 15) is 19.4 Å². The van der Waals surface area contributed by atoms with E-state index in [1.165, 1.54) is 238 Å². The third kappa shape index (κ3) is 58.1. The molecule has 3 unspecified atom stereocenters. The first-order chi connectivity index (χ1) is 36.0. The van der Waals surface area contributed by atoms with Crippen molar-refractivity contribution in [2.45, 2.75) is 321 Å². The summed E-state index contributed by atoms with van der Waals surface area (Å²) < 4.78 is 23.7. The summed E-state index contributed by atoms with van der Waals surface area (Å²) in [7, 11) is 1.58. The first-order valence-corrected chi connectivity index (χ1v) is 33.5. The summed E-state index contributed by atoms with van der Waals surface area (Å²) in [6.07, 6.45) is 75.5. The predicted octanol–water partition coefficient (Wildman–Crippen LogP) is 19.9. The van der Waals surface area contributed by atoms with E-state index in [0.717, 1.165) is 51.4 Å². The average Bonchev–Trinajstić information content (AvgIpc) is 3.36. The van der Waals surface area contributed by atoms with E-state index in [-0.39, 0.29) is 19.1 Å². The highest BCUT2D eigenvalue weighted by Crippen LogP contribution is 2.43. The Labute approximate surface area is 460 Å². The summed E-state index contributed by atoms with van der Waals surface area (Å²) >= 11 is 0. The molecular formula is C65H126N2O6P+. The first-order valence-electron chi connectivity index (χ1n) is 32.0. The Morgan fingerprint density at radius 1 is 0.459 bits per heavy atom. The molecule has 0 spiro atoms. The Bertz CT molecular complexity index is 1340. The number of hydrogen-bond donors (Lipinski definition) is 3. The quantitative estimate of drug-likeness (QED) is 0.0243. The predicted molar refractivity (Wildman–Crippen MR) is 323 cm³/mol. The van der Waals surface area contributed by atoms with Crippen molar-refractivity contribution in [3.63, 3.8) is 0 Å². The second-order valence-corrected chi connectivity index (χ2v) is 24.6. The summed E-state index contributed by atoms with van der Waals surface area (Å²) in [5.41, 5.74) is 0. The van der Waals surface area contributed by atoms with Gasteiger partial charge in [0.25, 0.3) is 0 Å². The minimum atomic E-state index is -4.34. The number of nitrogens with one attached hydrogen (secondary N) is 1. The van der Waals surface area contributed by atoms with Gasteiger partial charge in [-0.1, -0.05) is 294 Å². The fourth-order valence-electron chi connectivity index (χ4n) is 9.52. The van der Waals surface area contributed by atoms with Crippen molar-refractivity contribution in [1.82, 2.24) is 5.32 Å². The number of allylic oxidation sites excluding steroid dienone is 7. The number of nitrogens with zero attached hydrogens (tertiary/aromatic N) is 1. The molecule has 0 heterocycles. The number of phosphoric ester groups is 1. The Morgan fingerprint density at radius 3 is 1.12 bits per heavy atom. The molecule has 74 heavy (non-hydrogen) atoms. The van der Waals surface area contributed by atoms with E-state index >= 15 is 0 Å². The van der Waals surface area contributed by atoms with Gasteiger partial charge in [-0.15, -0.1) is 0 Å². The van der Waals surface area contributed by atoms with Crippen LogP contribution >= 0.6 is 7.82 Å². The molecule has 0 bridgehead atoms. The highest BCUT2D eigenvalue weighted by atomic mass is 31.2. The molecule has 0 fully saturated rings. The second-order valence-electron chi connectivity index (χ2n) is 23.1. The van der Waals surface area contributed by atoms with Gasteiger partial charge in [0.1, 0.15) is 13.2 Å². The van der Waals surface area contributed by atoms with Crippen molar-refractivity contribution in [2.24, 2.45) is 0 Å². The fraction of sp³-hybridized carbons (Fsp3) is 0.862. The van der Waals surface area contributed by atoms with E-state index in [4.69, 9.17) is 9.05 Å². The van der Waals surface area contributed by atoms with Gasteiger partial charge in [-0.05, 0) is 57.8 Å². The van der Waals surface area contributed by atoms with Gasteiger partial charge in [0.15, 0.2) is 0 Å². The third-order valence-electron chi connectivity index (χ3n) is 14.5. The molecule has 8 nitrogen and oxygen atoms in total. The van der Waals surface area contributed by atoms with Crippen LogP contribution in [0.4, 0.5) is 0 Å². The zero-order valence-electron chi connectivity index (χ0n) is 49.8. The van der Waals surface area contributed by atoms with Crippen molar-refractivity contribution in [3.8, 4) is 0 Å². The van der Waals surface area contributed by atoms with Gasteiger partial charge in [0.2, 0.25) is 5.91 Å². The normalized spacial score (nSPS) is 14.1. The van der Waals surface area contributed by atoms with E-state index in [1.807, 2.05) is 27.2 Å². The molecule has 0 aromatic heterocycles. The Balaban J connectivity index is 3.81. The van der Waals surface area contributed by atoms with Crippen LogP contribution in [0.2, 0.25) is 0 Å². The van der Waals surface area contributed by atoms with Crippen molar-refractivity contribution in [1.29, 1.82) is 0 Å². The minimum Gasteiger partial charge on any atom is -0.387 e. The molecule has 1 amide bonds. The van der Waals surface area contributed by atoms with Crippen molar-refractivity contribution in [3.05, 3.63) is 48.6 Å². The summed E-state index contributed by atoms with van der Waals surface area (Å²) in [6.45, 7) is 4.81. The van der Waals surface area contributed by atoms with Crippen molar-refractivity contribution < 1.29 is 32.9 Å². The zero-order valence-corrected chi connectivity index (χ0v) is 50.7. The van der Waals surface area contributed by atoms with Crippen LogP contribution in [0.25, 0.3) is 0 Å². The van der Waals surface area contributed by atoms with Crippen LogP contribution in [0, 0.1) is 0 Å². The number of aliphatic hydroxyl groups excluding tert-OH is 1. The SMILES string of the molecule is CCCCCCC/C=C\C/C=C\C/C=C\CCCCCCCCCCCCCCCCCCCCCCCCCCCCC(=O)NC(COP(=O)(O)OCC[N+](C)(C)C)C(O)/C=C/CCCCCCCCCCC. The Kier molecular flexibility index (Phi) is 55.0. The van der Waals surface area contributed by atoms with Crippen LogP contribution < -0.4 is 5.32 Å². The van der Waals surface area contributed by atoms with Crippen LogP contribution in [0.1, 0.15) is 309 Å². The van der Waals surface area contributed by atoms with Crippen LogP contribution in [0.15, 0.2) is 48.6 Å². The molecule has 0 aromatic carbocycles. The topological polar surface area (TPSA) is 105 Å². The molecule has 3 N–H and O–H groups in total. The maximum atomic E-state index is 13.0. The van der Waals surface area contributed by atoms with E-state index in [1.54, 1.807) is 6.08 Å². The lowest BCUT2D eigenvalue weighted by molar-refractivity contribution is -0.870. The monoisotopic (exact) mass is 1060 g/mol. The van der Waals surface area contributed by atoms with E-state index in [2.05, 4.69) is 55.6 Å². The van der Waals surface area contributed by atoms with Crippen LogP contribution in [0.5, 0.6) is 0 Å². The molecule has 0 aliphatic heterocycles. The molecule has 0 rings (SSSR count). The molecule has 0 radical (unpaired) electrons. The van der Waals surface area contributed by atoms with Gasteiger partial charge in [0, 0.05) is 6.42 Å². The van der Waals surface area contributed by atoms with Crippen LogP contribution in [0.3, 0.4) is 0 Å². The van der Waals surface area contributed by atoms with Gasteiger partial charge in [-0.25, -0.2) is 4.57 Å². The molecule has 3 atom stereocenters. The lowest BCUT2D eigenvalue weighted by atomic mass is 10.0. The highest BCUT2D eigenvalue weighted by Gasteiger charge is 2.27. The summed E-state index contributed by atoms with van der Waals surface area (Å²) in [4.78, 5) is 23.2. The zero-order chi connectivity index (χ0) is 54.2. The van der Waals surface area contributed by atoms with Crippen LogP contribution in [-0.2, 0) is 18.4 Å². The molecule has 0 saturated carbocycles. The molecular weight excluding hydrogens is 936 g/mol. The number of aliphatic hydroxyl groups is 1. The molecule has 9 heteroatoms. The highest BCUT2D eigenvalue weighted by molar-refractivity contribution is 7.47. The van der Waals surface area contributed by atoms with Gasteiger partial charge in [0.05, 0.1) is 39.9 Å². The van der Waals surface area contributed by atoms with Gasteiger partial charge in [-0.2, -0.15) is 0 Å². The Morgan fingerprint density at radius 2 is 0.770 bits per heavy atom. The summed E-state index contributed by atoms with van der Waals surface area (Å²) in [5, 5.41) is 13.9. The van der Waals surface area contributed by atoms with Crippen molar-refractivity contribution >= 4 is 13.7 Å². The van der Waals surface area contributed by atoms with E-state index < -0.39 is 20.0 Å². The fourth-order valence-corrected chi connectivity index (χ4v) is 10.3. The first kappa shape index (κ1) is 72.5. The molecule has 0 aromatic rings. The summed E-state index contributed by atoms with van der Waals surface area (Å²) in [5.74, 6) is -0.174. The molecule has 0 aliphatic carbocycles. The smallest absolute Gasteiger partial charge is 0.387 e. The lowest BCUT2D eigenvalue weighted by Crippen LogP contribution is -2.45. The Hall–Kier alpha value is -1.54. The maximum absolute atomic E-state index is 13.0. The standard InChI is InChI=1S/C65H125N2O6P/c1-6-8-10-12-14-16-18-19-20-21-22-23-24-25-26-27-28-29-30-31-32-33-34-35-36-37-38-39-40-41-42-43-44-45-46-47-49-51-53-55-57-59-65(69)66-63(62-73-74(70,71)72-61-60-67(3,4)5)64(68)58-56-54-52-50-48-17-15-13-11-9-7-2/h18-19,21-22,24-25,56,58,63-64,68H,6-17,20,23,26-55,57,59-62H2,1-5H3,(H-,66,69,70,71)/p+1/b19-18-,22-21-,25-24-,58-56+. The number of quaternary nitrogens is 1. The van der Waals surface area contributed by atoms with Crippen molar-refractivity contribution in [2.75, 3.05) is 40.9 Å². The number of carbonyl (C=O) groups excluding carboxylic acids is 1. The maximum Gasteiger partial charge on any atom is 0.472 e. The lowest BCUT2D eigenvalue weighted by Gasteiger charge is -2.25. The number of amides is 1. The van der Waals surface area contributed by atoms with Gasteiger partial charge >= 0.3 is 7.82 Å². The van der Waals surface area contributed by atoms with Gasteiger partial charge < -0.3 is 19.8 Å². The van der Waals surface area contributed by atoms with E-state index in [0.29, 0.717) is 17.4 Å². The molecule has 0 saturated heterocycles.